The van der Waals surface area contributed by atoms with Crippen LogP contribution in [-0.4, -0.2) is 82.8 Å². The first-order valence-corrected chi connectivity index (χ1v) is 11.8. The molecule has 5 rings (SSSR count). The van der Waals surface area contributed by atoms with E-state index in [4.69, 9.17) is 0 Å². The van der Waals surface area contributed by atoms with Crippen LogP contribution in [0.25, 0.3) is 22.4 Å². The lowest BCUT2D eigenvalue weighted by Crippen LogP contribution is -2.51. The minimum atomic E-state index is -4.48. The van der Waals surface area contributed by atoms with Crippen LogP contribution in [0.15, 0.2) is 54.0 Å². The van der Waals surface area contributed by atoms with Crippen molar-refractivity contribution in [1.82, 2.24) is 38.9 Å². The van der Waals surface area contributed by atoms with Crippen LogP contribution in [0.5, 0.6) is 0 Å². The van der Waals surface area contributed by atoms with Crippen LogP contribution in [0.2, 0.25) is 0 Å². The van der Waals surface area contributed by atoms with Crippen LogP contribution in [0.3, 0.4) is 0 Å². The van der Waals surface area contributed by atoms with Crippen LogP contribution in [-0.2, 0) is 12.7 Å². The van der Waals surface area contributed by atoms with Gasteiger partial charge in [0.05, 0.1) is 41.5 Å². The van der Waals surface area contributed by atoms with Crippen molar-refractivity contribution in [2.45, 2.75) is 31.2 Å². The summed E-state index contributed by atoms with van der Waals surface area (Å²) < 4.78 is 42.5. The number of piperidine rings is 1. The Bertz CT molecular complexity index is 1530. The van der Waals surface area contributed by atoms with Crippen molar-refractivity contribution in [3.63, 3.8) is 0 Å². The number of fused-ring (bicyclic) bond motifs is 1. The van der Waals surface area contributed by atoms with Crippen molar-refractivity contribution >= 4 is 17.1 Å². The molecule has 1 saturated heterocycles. The fourth-order valence-electron chi connectivity index (χ4n) is 4.48. The SMILES string of the molecule is CN(C)C(=O)N1CCC(O)(Cn2cnc3c(cnn3-c3ccc(-n4cc(C(F)(F)F)cn4)cc3)c2=O)CC1. The summed E-state index contributed by atoms with van der Waals surface area (Å²) in [6.45, 7) is 0.784. The predicted molar refractivity (Wildman–Crippen MR) is 130 cm³/mol. The van der Waals surface area contributed by atoms with Crippen molar-refractivity contribution in [1.29, 1.82) is 0 Å². The molecule has 0 bridgehead atoms. The molecule has 200 valence electrons. The summed E-state index contributed by atoms with van der Waals surface area (Å²) >= 11 is 0. The highest BCUT2D eigenvalue weighted by Crippen LogP contribution is 2.29. The highest BCUT2D eigenvalue weighted by molar-refractivity contribution is 5.75. The Morgan fingerprint density at radius 1 is 1.08 bits per heavy atom. The van der Waals surface area contributed by atoms with E-state index < -0.39 is 17.3 Å². The summed E-state index contributed by atoms with van der Waals surface area (Å²) in [7, 11) is 3.34. The fourth-order valence-corrected chi connectivity index (χ4v) is 4.48. The number of carbonyl (C=O) groups excluding carboxylic acids is 1. The molecule has 0 unspecified atom stereocenters. The van der Waals surface area contributed by atoms with Gasteiger partial charge in [-0.1, -0.05) is 0 Å². The normalized spacial score (nSPS) is 15.7. The van der Waals surface area contributed by atoms with Crippen molar-refractivity contribution in [2.75, 3.05) is 27.2 Å². The minimum Gasteiger partial charge on any atom is -0.388 e. The van der Waals surface area contributed by atoms with Gasteiger partial charge in [-0.25, -0.2) is 19.1 Å². The first-order valence-electron chi connectivity index (χ1n) is 11.8. The number of alkyl halides is 3. The summed E-state index contributed by atoms with van der Waals surface area (Å²) in [5.74, 6) is 0. The zero-order valence-electron chi connectivity index (χ0n) is 20.6. The number of amides is 2. The van der Waals surface area contributed by atoms with E-state index in [1.54, 1.807) is 43.3 Å². The number of likely N-dealkylation sites (tertiary alicyclic amines) is 1. The Kier molecular flexibility index (Phi) is 6.21. The van der Waals surface area contributed by atoms with Crippen molar-refractivity contribution in [3.8, 4) is 11.4 Å². The molecule has 1 aliphatic heterocycles. The van der Waals surface area contributed by atoms with Crippen molar-refractivity contribution in [3.05, 3.63) is 65.1 Å². The second-order valence-corrected chi connectivity index (χ2v) is 9.55. The van der Waals surface area contributed by atoms with Crippen LogP contribution in [0.4, 0.5) is 18.0 Å². The quantitative estimate of drug-likeness (QED) is 0.433. The van der Waals surface area contributed by atoms with Gasteiger partial charge in [-0.05, 0) is 37.1 Å². The molecule has 0 aliphatic carbocycles. The third-order valence-electron chi connectivity index (χ3n) is 6.64. The minimum absolute atomic E-state index is 0.0302. The number of hydrogen-bond acceptors (Lipinski definition) is 6. The first kappa shape index (κ1) is 25.4. The van der Waals surface area contributed by atoms with E-state index >= 15 is 0 Å². The molecule has 0 saturated carbocycles. The third kappa shape index (κ3) is 4.74. The summed E-state index contributed by atoms with van der Waals surface area (Å²) in [5, 5.41) is 19.4. The molecule has 0 spiro atoms. The smallest absolute Gasteiger partial charge is 0.388 e. The molecule has 38 heavy (non-hydrogen) atoms. The summed E-state index contributed by atoms with van der Waals surface area (Å²) in [6, 6.07) is 6.31. The molecule has 0 atom stereocenters. The van der Waals surface area contributed by atoms with Crippen molar-refractivity contribution in [2.24, 2.45) is 0 Å². The second kappa shape index (κ2) is 9.28. The molecular formula is C24H25F3N8O3. The van der Waals surface area contributed by atoms with Crippen LogP contribution >= 0.6 is 0 Å². The lowest BCUT2D eigenvalue weighted by molar-refractivity contribution is -0.137. The molecule has 0 radical (unpaired) electrons. The van der Waals surface area contributed by atoms with E-state index in [2.05, 4.69) is 15.2 Å². The summed E-state index contributed by atoms with van der Waals surface area (Å²) in [4.78, 5) is 32.9. The Labute approximate surface area is 214 Å². The van der Waals surface area contributed by atoms with Crippen LogP contribution < -0.4 is 5.56 Å². The average Bonchev–Trinajstić information content (AvgIpc) is 3.54. The van der Waals surface area contributed by atoms with Gasteiger partial charge in [-0.15, -0.1) is 0 Å². The summed E-state index contributed by atoms with van der Waals surface area (Å²) in [5.41, 5.74) is -1.11. The predicted octanol–water partition coefficient (Wildman–Crippen LogP) is 2.30. The molecule has 4 heterocycles. The number of halogens is 3. The van der Waals surface area contributed by atoms with Gasteiger partial charge in [0.1, 0.15) is 11.7 Å². The third-order valence-corrected chi connectivity index (χ3v) is 6.64. The molecule has 1 aliphatic rings. The fraction of sp³-hybridized carbons (Fsp3) is 0.375. The van der Waals surface area contributed by atoms with Crippen molar-refractivity contribution < 1.29 is 23.1 Å². The lowest BCUT2D eigenvalue weighted by atomic mass is 9.91. The first-order chi connectivity index (χ1) is 17.9. The Balaban J connectivity index is 1.34. The van der Waals surface area contributed by atoms with E-state index in [0.717, 1.165) is 17.1 Å². The maximum absolute atomic E-state index is 13.2. The number of aromatic nitrogens is 6. The van der Waals surface area contributed by atoms with Gasteiger partial charge < -0.3 is 14.9 Å². The van der Waals surface area contributed by atoms with E-state index in [9.17, 15) is 27.9 Å². The van der Waals surface area contributed by atoms with Crippen LogP contribution in [0.1, 0.15) is 18.4 Å². The van der Waals surface area contributed by atoms with Gasteiger partial charge in [0.15, 0.2) is 5.65 Å². The highest BCUT2D eigenvalue weighted by Gasteiger charge is 2.35. The Morgan fingerprint density at radius 2 is 1.74 bits per heavy atom. The average molecular weight is 531 g/mol. The number of aliphatic hydroxyl groups is 1. The summed E-state index contributed by atoms with van der Waals surface area (Å²) in [6.07, 6.45) is 0.568. The highest BCUT2D eigenvalue weighted by atomic mass is 19.4. The van der Waals surface area contributed by atoms with E-state index in [1.165, 1.54) is 26.7 Å². The molecule has 11 nitrogen and oxygen atoms in total. The second-order valence-electron chi connectivity index (χ2n) is 9.55. The topological polar surface area (TPSA) is 114 Å². The van der Waals surface area contributed by atoms with Gasteiger partial charge >= 0.3 is 12.2 Å². The number of carbonyl (C=O) groups is 1. The molecular weight excluding hydrogens is 505 g/mol. The number of benzene rings is 1. The van der Waals surface area contributed by atoms with Gasteiger partial charge in [-0.3, -0.25) is 9.36 Å². The standard InChI is InChI=1S/C24H25F3N8O3/c1-31(2)22(37)32-9-7-23(38,8-10-32)14-33-15-28-20-19(21(33)36)12-30-35(20)18-5-3-17(4-6-18)34-13-16(11-29-34)24(25,26)27/h3-6,11-13,15,38H,7-10,14H2,1-2H3. The lowest BCUT2D eigenvalue weighted by Gasteiger charge is -2.39. The Morgan fingerprint density at radius 3 is 2.34 bits per heavy atom. The van der Waals surface area contributed by atoms with E-state index in [1.807, 2.05) is 0 Å². The van der Waals surface area contributed by atoms with Crippen LogP contribution in [0, 0.1) is 0 Å². The molecule has 14 heteroatoms. The maximum atomic E-state index is 13.2. The molecule has 1 N–H and O–H groups in total. The number of hydrogen-bond donors (Lipinski definition) is 1. The maximum Gasteiger partial charge on any atom is 0.419 e. The zero-order chi connectivity index (χ0) is 27.2. The number of nitrogens with zero attached hydrogens (tertiary/aromatic N) is 8. The molecule has 1 fully saturated rings. The molecule has 2 amide bonds. The van der Waals surface area contributed by atoms with E-state index in [-0.39, 0.29) is 23.5 Å². The largest absolute Gasteiger partial charge is 0.419 e. The monoisotopic (exact) mass is 530 g/mol. The van der Waals surface area contributed by atoms with Gasteiger partial charge in [0.25, 0.3) is 5.56 Å². The van der Waals surface area contributed by atoms with Gasteiger partial charge in [-0.2, -0.15) is 23.4 Å². The number of rotatable bonds is 4. The van der Waals surface area contributed by atoms with Gasteiger partial charge in [0.2, 0.25) is 0 Å². The molecule has 1 aromatic carbocycles. The Hall–Kier alpha value is -4.20. The molecule has 3 aromatic heterocycles. The van der Waals surface area contributed by atoms with Gasteiger partial charge in [0, 0.05) is 33.4 Å². The van der Waals surface area contributed by atoms with E-state index in [0.29, 0.717) is 43.0 Å². The number of urea groups is 1. The zero-order valence-corrected chi connectivity index (χ0v) is 20.6. The molecule has 4 aromatic rings.